The van der Waals surface area contributed by atoms with E-state index < -0.39 is 0 Å². The molecule has 1 heterocycles. The lowest BCUT2D eigenvalue weighted by Gasteiger charge is -2.51. The van der Waals surface area contributed by atoms with Gasteiger partial charge in [-0.05, 0) is 61.8 Å². The van der Waals surface area contributed by atoms with Gasteiger partial charge < -0.3 is 14.7 Å². The molecule has 21 heavy (non-hydrogen) atoms. The molecule has 1 aromatic rings. The number of ether oxygens (including phenoxy) is 1. The van der Waals surface area contributed by atoms with E-state index in [-0.39, 0.29) is 17.4 Å². The number of likely N-dealkylation sites (tertiary alicyclic amines) is 1. The van der Waals surface area contributed by atoms with Crippen LogP contribution in [0, 0.1) is 12.3 Å². The van der Waals surface area contributed by atoms with Gasteiger partial charge in [-0.3, -0.25) is 4.79 Å². The van der Waals surface area contributed by atoms with Crippen molar-refractivity contribution in [3.8, 4) is 5.75 Å². The Bertz CT molecular complexity index is 547. The Hall–Kier alpha value is -1.55. The maximum absolute atomic E-state index is 12.6. The SMILES string of the molecule is COc1ccc(C(=O)N2CCC3(CCC3O)CC2)c(C)c1. The van der Waals surface area contributed by atoms with E-state index in [1.165, 1.54) is 0 Å². The van der Waals surface area contributed by atoms with Crippen molar-refractivity contribution in [2.45, 2.75) is 38.7 Å². The highest BCUT2D eigenvalue weighted by atomic mass is 16.5. The minimum atomic E-state index is -0.155. The Balaban J connectivity index is 1.69. The molecule has 1 spiro atoms. The quantitative estimate of drug-likeness (QED) is 0.909. The number of hydrogen-bond donors (Lipinski definition) is 1. The third-order valence-electron chi connectivity index (χ3n) is 5.33. The van der Waals surface area contributed by atoms with Crippen molar-refractivity contribution in [1.29, 1.82) is 0 Å². The summed E-state index contributed by atoms with van der Waals surface area (Å²) in [5.41, 5.74) is 1.80. The predicted octanol–water partition coefficient (Wildman–Crippen LogP) is 2.38. The number of benzene rings is 1. The smallest absolute Gasteiger partial charge is 0.254 e. The topological polar surface area (TPSA) is 49.8 Å². The van der Waals surface area contributed by atoms with Gasteiger partial charge >= 0.3 is 0 Å². The number of aliphatic hydroxyl groups excluding tert-OH is 1. The van der Waals surface area contributed by atoms with Crippen LogP contribution >= 0.6 is 0 Å². The van der Waals surface area contributed by atoms with E-state index in [0.717, 1.165) is 55.6 Å². The molecule has 3 rings (SSSR count). The first kappa shape index (κ1) is 14.4. The average Bonchev–Trinajstić information content (AvgIpc) is 2.52. The first-order valence-corrected chi connectivity index (χ1v) is 7.68. The van der Waals surface area contributed by atoms with Gasteiger partial charge in [0.1, 0.15) is 5.75 Å². The number of piperidine rings is 1. The first-order chi connectivity index (χ1) is 10.1. The lowest BCUT2D eigenvalue weighted by Crippen LogP contribution is -2.53. The minimum Gasteiger partial charge on any atom is -0.497 e. The fourth-order valence-corrected chi connectivity index (χ4v) is 3.59. The highest BCUT2D eigenvalue weighted by Crippen LogP contribution is 2.49. The summed E-state index contributed by atoms with van der Waals surface area (Å²) in [5, 5.41) is 9.95. The molecule has 2 fully saturated rings. The van der Waals surface area contributed by atoms with Crippen LogP contribution in [0.1, 0.15) is 41.6 Å². The van der Waals surface area contributed by atoms with Gasteiger partial charge in [0.15, 0.2) is 0 Å². The largest absolute Gasteiger partial charge is 0.497 e. The zero-order valence-corrected chi connectivity index (χ0v) is 12.8. The van der Waals surface area contributed by atoms with E-state index >= 15 is 0 Å². The van der Waals surface area contributed by atoms with E-state index in [9.17, 15) is 9.90 Å². The lowest BCUT2D eigenvalue weighted by atomic mass is 9.61. The van der Waals surface area contributed by atoms with Crippen LogP contribution in [0.25, 0.3) is 0 Å². The molecule has 1 aliphatic carbocycles. The third-order valence-corrected chi connectivity index (χ3v) is 5.33. The van der Waals surface area contributed by atoms with Crippen LogP contribution in [0.2, 0.25) is 0 Å². The van der Waals surface area contributed by atoms with E-state index in [1.54, 1.807) is 7.11 Å². The Morgan fingerprint density at radius 2 is 2.05 bits per heavy atom. The van der Waals surface area contributed by atoms with Crippen molar-refractivity contribution in [3.05, 3.63) is 29.3 Å². The Morgan fingerprint density at radius 3 is 2.52 bits per heavy atom. The second kappa shape index (κ2) is 5.34. The average molecular weight is 289 g/mol. The number of aryl methyl sites for hydroxylation is 1. The molecule has 4 heteroatoms. The zero-order chi connectivity index (χ0) is 15.0. The zero-order valence-electron chi connectivity index (χ0n) is 12.8. The second-order valence-corrected chi connectivity index (χ2v) is 6.39. The predicted molar refractivity (Wildman–Crippen MR) is 80.5 cm³/mol. The molecule has 1 aromatic carbocycles. The van der Waals surface area contributed by atoms with Crippen molar-refractivity contribution in [1.82, 2.24) is 4.90 Å². The number of carbonyl (C=O) groups is 1. The lowest BCUT2D eigenvalue weighted by molar-refractivity contribution is -0.0952. The molecule has 1 atom stereocenters. The third kappa shape index (κ3) is 2.42. The van der Waals surface area contributed by atoms with Crippen LogP contribution < -0.4 is 4.74 Å². The van der Waals surface area contributed by atoms with Gasteiger partial charge in [-0.15, -0.1) is 0 Å². The number of methoxy groups -OCH3 is 1. The van der Waals surface area contributed by atoms with Crippen LogP contribution in [0.5, 0.6) is 5.75 Å². The molecule has 0 bridgehead atoms. The second-order valence-electron chi connectivity index (χ2n) is 6.39. The summed E-state index contributed by atoms with van der Waals surface area (Å²) in [4.78, 5) is 14.6. The summed E-state index contributed by atoms with van der Waals surface area (Å²) < 4.78 is 5.18. The maximum Gasteiger partial charge on any atom is 0.254 e. The van der Waals surface area contributed by atoms with Crippen LogP contribution in [-0.4, -0.2) is 42.2 Å². The van der Waals surface area contributed by atoms with Crippen LogP contribution in [-0.2, 0) is 0 Å². The van der Waals surface area contributed by atoms with Crippen molar-refractivity contribution in [2.75, 3.05) is 20.2 Å². The van der Waals surface area contributed by atoms with Crippen LogP contribution in [0.4, 0.5) is 0 Å². The number of hydrogen-bond acceptors (Lipinski definition) is 3. The normalized spacial score (nSPS) is 23.8. The standard InChI is InChI=1S/C17H23NO3/c1-12-11-13(21-2)3-4-14(12)16(20)18-9-7-17(8-10-18)6-5-15(17)19/h3-4,11,15,19H,5-10H2,1-2H3. The highest BCUT2D eigenvalue weighted by molar-refractivity contribution is 5.95. The van der Waals surface area contributed by atoms with Crippen molar-refractivity contribution < 1.29 is 14.6 Å². The molecule has 1 aliphatic heterocycles. The van der Waals surface area contributed by atoms with Gasteiger partial charge in [-0.2, -0.15) is 0 Å². The number of amides is 1. The van der Waals surface area contributed by atoms with Crippen molar-refractivity contribution in [2.24, 2.45) is 5.41 Å². The molecular formula is C17H23NO3. The summed E-state index contributed by atoms with van der Waals surface area (Å²) in [6, 6.07) is 5.58. The van der Waals surface area contributed by atoms with Gasteiger partial charge in [-0.25, -0.2) is 0 Å². The number of rotatable bonds is 2. The Morgan fingerprint density at radius 1 is 1.33 bits per heavy atom. The highest BCUT2D eigenvalue weighted by Gasteiger charge is 2.47. The van der Waals surface area contributed by atoms with Crippen LogP contribution in [0.3, 0.4) is 0 Å². The van der Waals surface area contributed by atoms with Gasteiger partial charge in [0.25, 0.3) is 5.91 Å². The molecule has 1 saturated heterocycles. The van der Waals surface area contributed by atoms with Crippen molar-refractivity contribution >= 4 is 5.91 Å². The van der Waals surface area contributed by atoms with Gasteiger partial charge in [0.2, 0.25) is 0 Å². The number of carbonyl (C=O) groups excluding carboxylic acids is 1. The summed E-state index contributed by atoms with van der Waals surface area (Å²) in [5.74, 6) is 0.873. The van der Waals surface area contributed by atoms with Gasteiger partial charge in [0, 0.05) is 18.7 Å². The summed E-state index contributed by atoms with van der Waals surface area (Å²) in [7, 11) is 1.63. The fraction of sp³-hybridized carbons (Fsp3) is 0.588. The van der Waals surface area contributed by atoms with E-state index in [2.05, 4.69) is 0 Å². The molecule has 1 N–H and O–H groups in total. The molecule has 0 aromatic heterocycles. The monoisotopic (exact) mass is 289 g/mol. The Labute approximate surface area is 125 Å². The summed E-state index contributed by atoms with van der Waals surface area (Å²) in [6.07, 6.45) is 3.73. The summed E-state index contributed by atoms with van der Waals surface area (Å²) in [6.45, 7) is 3.44. The fourth-order valence-electron chi connectivity index (χ4n) is 3.59. The molecule has 2 aliphatic rings. The van der Waals surface area contributed by atoms with Crippen LogP contribution in [0.15, 0.2) is 18.2 Å². The Kier molecular flexibility index (Phi) is 3.66. The summed E-state index contributed by atoms with van der Waals surface area (Å²) >= 11 is 0. The first-order valence-electron chi connectivity index (χ1n) is 7.68. The maximum atomic E-state index is 12.6. The molecule has 1 amide bonds. The van der Waals surface area contributed by atoms with E-state index in [4.69, 9.17) is 4.74 Å². The molecule has 1 saturated carbocycles. The minimum absolute atomic E-state index is 0.0961. The number of nitrogens with zero attached hydrogens (tertiary/aromatic N) is 1. The molecule has 4 nitrogen and oxygen atoms in total. The van der Waals surface area contributed by atoms with Gasteiger partial charge in [-0.1, -0.05) is 0 Å². The van der Waals surface area contributed by atoms with E-state index in [1.807, 2.05) is 30.0 Å². The molecule has 114 valence electrons. The number of aliphatic hydroxyl groups is 1. The molecule has 0 radical (unpaired) electrons. The molecular weight excluding hydrogens is 266 g/mol. The van der Waals surface area contributed by atoms with E-state index in [0.29, 0.717) is 0 Å². The van der Waals surface area contributed by atoms with Gasteiger partial charge in [0.05, 0.1) is 13.2 Å². The molecule has 1 unspecified atom stereocenters. The van der Waals surface area contributed by atoms with Crippen molar-refractivity contribution in [3.63, 3.8) is 0 Å².